The Labute approximate surface area is 183 Å². The van der Waals surface area contributed by atoms with E-state index in [2.05, 4.69) is 19.2 Å². The third kappa shape index (κ3) is 3.12. The summed E-state index contributed by atoms with van der Waals surface area (Å²) < 4.78 is 0. The molecule has 3 amide bonds. The Morgan fingerprint density at radius 2 is 1.58 bits per heavy atom. The molecule has 1 fully saturated rings. The van der Waals surface area contributed by atoms with Gasteiger partial charge in [-0.25, -0.2) is 4.79 Å². The maximum atomic E-state index is 13.8. The van der Waals surface area contributed by atoms with Crippen LogP contribution in [-0.4, -0.2) is 38.9 Å². The topological polar surface area (TPSA) is 72.9 Å². The molecular weight excluding hydrogens is 390 g/mol. The quantitative estimate of drug-likeness (QED) is 0.661. The Bertz CT molecular complexity index is 963. The lowest BCUT2D eigenvalue weighted by Crippen LogP contribution is -2.68. The molecule has 164 valence electrons. The van der Waals surface area contributed by atoms with Gasteiger partial charge in [0.1, 0.15) is 0 Å². The van der Waals surface area contributed by atoms with E-state index in [0.29, 0.717) is 24.2 Å². The number of carbonyl (C=O) groups excluding carboxylic acids is 2. The molecular formula is C25H31N3O3. The summed E-state index contributed by atoms with van der Waals surface area (Å²) in [5.41, 5.74) is -1.03. The van der Waals surface area contributed by atoms with Crippen LogP contribution in [0, 0.1) is 0 Å². The zero-order chi connectivity index (χ0) is 22.1. The number of aliphatic hydroxyl groups is 1. The van der Waals surface area contributed by atoms with Crippen LogP contribution in [0.25, 0.3) is 0 Å². The van der Waals surface area contributed by atoms with Gasteiger partial charge in [0.2, 0.25) is 5.72 Å². The normalized spacial score (nSPS) is 24.7. The highest BCUT2D eigenvalue weighted by molar-refractivity contribution is 6.07. The first kappa shape index (κ1) is 21.4. The first-order valence-corrected chi connectivity index (χ1v) is 11.3. The van der Waals surface area contributed by atoms with E-state index in [1.807, 2.05) is 48.5 Å². The van der Waals surface area contributed by atoms with Gasteiger partial charge >= 0.3 is 6.03 Å². The number of carbonyl (C=O) groups is 2. The van der Waals surface area contributed by atoms with Crippen LogP contribution in [0.3, 0.4) is 0 Å². The zero-order valence-corrected chi connectivity index (χ0v) is 18.3. The van der Waals surface area contributed by atoms with Crippen LogP contribution in [0.2, 0.25) is 0 Å². The SMILES string of the molecule is CCCCN1C(=O)N(Cc2ccccc2)[C@]2(CCCC)C(=O)Nc3ccccc3[C@]12O. The highest BCUT2D eigenvalue weighted by Crippen LogP contribution is 2.54. The fraction of sp³-hybridized carbons (Fsp3) is 0.440. The molecule has 0 aromatic heterocycles. The van der Waals surface area contributed by atoms with Crippen LogP contribution in [0.5, 0.6) is 0 Å². The van der Waals surface area contributed by atoms with Gasteiger partial charge in [-0.05, 0) is 24.5 Å². The van der Waals surface area contributed by atoms with Crippen molar-refractivity contribution in [3.63, 3.8) is 0 Å². The summed E-state index contributed by atoms with van der Waals surface area (Å²) in [5, 5.41) is 15.4. The van der Waals surface area contributed by atoms with Crippen molar-refractivity contribution in [1.82, 2.24) is 9.80 Å². The van der Waals surface area contributed by atoms with Gasteiger partial charge < -0.3 is 15.3 Å². The van der Waals surface area contributed by atoms with Crippen LogP contribution in [0.1, 0.15) is 57.1 Å². The third-order valence-electron chi connectivity index (χ3n) is 6.63. The average Bonchev–Trinajstić information content (AvgIpc) is 2.96. The molecule has 0 radical (unpaired) electrons. The summed E-state index contributed by atoms with van der Waals surface area (Å²) in [4.78, 5) is 30.7. The fourth-order valence-corrected chi connectivity index (χ4v) is 5.03. The Hall–Kier alpha value is -2.86. The minimum Gasteiger partial charge on any atom is -0.364 e. The number of nitrogens with zero attached hydrogens (tertiary/aromatic N) is 2. The second-order valence-electron chi connectivity index (χ2n) is 8.50. The van der Waals surface area contributed by atoms with Crippen LogP contribution in [0.4, 0.5) is 10.5 Å². The van der Waals surface area contributed by atoms with Crippen molar-refractivity contribution in [2.75, 3.05) is 11.9 Å². The highest BCUT2D eigenvalue weighted by Gasteiger charge is 2.72. The predicted octanol–water partition coefficient (Wildman–Crippen LogP) is 4.45. The van der Waals surface area contributed by atoms with Gasteiger partial charge in [-0.3, -0.25) is 9.69 Å². The van der Waals surface area contributed by atoms with Crippen molar-refractivity contribution in [3.05, 3.63) is 65.7 Å². The molecule has 0 bridgehead atoms. The largest absolute Gasteiger partial charge is 0.364 e. The van der Waals surface area contributed by atoms with Crippen molar-refractivity contribution >= 4 is 17.6 Å². The van der Waals surface area contributed by atoms with Gasteiger partial charge in [0.25, 0.3) is 5.91 Å². The number of para-hydroxylation sites is 1. The van der Waals surface area contributed by atoms with Crippen LogP contribution < -0.4 is 5.32 Å². The lowest BCUT2D eigenvalue weighted by molar-refractivity contribution is -0.166. The Balaban J connectivity index is 1.92. The van der Waals surface area contributed by atoms with E-state index in [9.17, 15) is 14.7 Å². The minimum absolute atomic E-state index is 0.268. The van der Waals surface area contributed by atoms with Gasteiger partial charge in [0.05, 0.1) is 0 Å². The van der Waals surface area contributed by atoms with E-state index in [1.165, 1.54) is 4.90 Å². The van der Waals surface area contributed by atoms with E-state index in [-0.39, 0.29) is 18.5 Å². The summed E-state index contributed by atoms with van der Waals surface area (Å²) in [6, 6.07) is 16.7. The number of fused-ring (bicyclic) bond motifs is 3. The first-order valence-electron chi connectivity index (χ1n) is 11.3. The van der Waals surface area contributed by atoms with E-state index in [1.54, 1.807) is 11.0 Å². The molecule has 4 rings (SSSR count). The molecule has 0 spiro atoms. The monoisotopic (exact) mass is 421 g/mol. The number of nitrogens with one attached hydrogen (secondary N) is 1. The van der Waals surface area contributed by atoms with Crippen molar-refractivity contribution in [2.45, 2.75) is 63.8 Å². The molecule has 2 atom stereocenters. The van der Waals surface area contributed by atoms with Crippen LogP contribution in [0.15, 0.2) is 54.6 Å². The van der Waals surface area contributed by atoms with Crippen molar-refractivity contribution in [1.29, 1.82) is 0 Å². The van der Waals surface area contributed by atoms with Gasteiger partial charge in [-0.1, -0.05) is 81.6 Å². The summed E-state index contributed by atoms with van der Waals surface area (Å²) in [6.07, 6.45) is 3.60. The molecule has 2 aliphatic rings. The molecule has 2 aromatic rings. The lowest BCUT2D eigenvalue weighted by Gasteiger charge is -2.49. The Morgan fingerprint density at radius 1 is 0.903 bits per heavy atom. The molecule has 31 heavy (non-hydrogen) atoms. The van der Waals surface area contributed by atoms with Crippen molar-refractivity contribution in [2.24, 2.45) is 0 Å². The molecule has 0 aliphatic carbocycles. The first-order chi connectivity index (χ1) is 15.0. The van der Waals surface area contributed by atoms with E-state index < -0.39 is 11.3 Å². The van der Waals surface area contributed by atoms with Gasteiger partial charge in [0.15, 0.2) is 5.54 Å². The van der Waals surface area contributed by atoms with Crippen molar-refractivity contribution in [3.8, 4) is 0 Å². The second-order valence-corrected chi connectivity index (χ2v) is 8.50. The number of unbranched alkanes of at least 4 members (excludes halogenated alkanes) is 2. The smallest absolute Gasteiger partial charge is 0.324 e. The molecule has 2 heterocycles. The molecule has 0 saturated carbocycles. The Morgan fingerprint density at radius 3 is 2.29 bits per heavy atom. The number of anilines is 1. The number of amides is 3. The van der Waals surface area contributed by atoms with Gasteiger partial charge in [-0.15, -0.1) is 0 Å². The van der Waals surface area contributed by atoms with E-state index in [0.717, 1.165) is 31.2 Å². The third-order valence-corrected chi connectivity index (χ3v) is 6.63. The molecule has 2 N–H and O–H groups in total. The van der Waals surface area contributed by atoms with Crippen LogP contribution in [-0.2, 0) is 17.1 Å². The maximum Gasteiger partial charge on any atom is 0.324 e. The summed E-state index contributed by atoms with van der Waals surface area (Å²) in [6.45, 7) is 4.77. The number of hydrogen-bond donors (Lipinski definition) is 2. The number of benzene rings is 2. The van der Waals surface area contributed by atoms with Gasteiger partial charge in [0, 0.05) is 24.3 Å². The molecule has 2 aromatic carbocycles. The Kier molecular flexibility index (Phi) is 5.75. The average molecular weight is 422 g/mol. The second kappa shape index (κ2) is 8.35. The number of urea groups is 1. The molecule has 6 heteroatoms. The predicted molar refractivity (Wildman–Crippen MR) is 120 cm³/mol. The van der Waals surface area contributed by atoms with Crippen LogP contribution >= 0.6 is 0 Å². The summed E-state index contributed by atoms with van der Waals surface area (Å²) in [5.74, 6) is -0.314. The lowest BCUT2D eigenvalue weighted by atomic mass is 9.73. The van der Waals surface area contributed by atoms with Crippen molar-refractivity contribution < 1.29 is 14.7 Å². The summed E-state index contributed by atoms with van der Waals surface area (Å²) >= 11 is 0. The molecule has 2 aliphatic heterocycles. The maximum absolute atomic E-state index is 13.8. The highest BCUT2D eigenvalue weighted by atomic mass is 16.3. The van der Waals surface area contributed by atoms with E-state index >= 15 is 0 Å². The van der Waals surface area contributed by atoms with E-state index in [4.69, 9.17) is 0 Å². The molecule has 6 nitrogen and oxygen atoms in total. The summed E-state index contributed by atoms with van der Waals surface area (Å²) in [7, 11) is 0. The molecule has 1 saturated heterocycles. The van der Waals surface area contributed by atoms with Gasteiger partial charge in [-0.2, -0.15) is 0 Å². The standard InChI is InChI=1S/C25H31N3O3/c1-3-5-16-24-22(29)26-21-15-11-10-14-20(21)25(24,31)27(17-6-4-2)23(30)28(24)18-19-12-8-7-9-13-19/h7-15,31H,3-6,16-18H2,1-2H3,(H,26,29)/t24-,25-/m1/s1. The number of rotatable bonds is 8. The minimum atomic E-state index is -1.72. The molecule has 0 unspecified atom stereocenters. The zero-order valence-electron chi connectivity index (χ0n) is 18.3. The number of hydrogen-bond acceptors (Lipinski definition) is 3. The fourth-order valence-electron chi connectivity index (χ4n) is 5.03.